The monoisotopic (exact) mass is 405 g/mol. The van der Waals surface area contributed by atoms with Crippen LogP contribution < -0.4 is 5.32 Å². The van der Waals surface area contributed by atoms with Gasteiger partial charge in [-0.25, -0.2) is 4.39 Å². The van der Waals surface area contributed by atoms with Gasteiger partial charge in [-0.1, -0.05) is 0 Å². The van der Waals surface area contributed by atoms with Crippen LogP contribution in [0, 0.1) is 10.6 Å². The molecule has 2 N–H and O–H groups in total. The van der Waals surface area contributed by atoms with E-state index >= 15 is 0 Å². The molecule has 2 amide bonds. The Hall–Kier alpha value is -2.55. The molecule has 1 saturated heterocycles. The molecule has 1 aromatic carbocycles. The maximum absolute atomic E-state index is 13.8. The van der Waals surface area contributed by atoms with Crippen molar-refractivity contribution in [2.45, 2.75) is 45.6 Å². The van der Waals surface area contributed by atoms with E-state index in [-0.39, 0.29) is 29.5 Å². The molecule has 1 aliphatic heterocycles. The van der Waals surface area contributed by atoms with E-state index in [9.17, 15) is 14.0 Å². The average Bonchev–Trinajstić information content (AvgIpc) is 3.04. The van der Waals surface area contributed by atoms with Crippen molar-refractivity contribution in [2.75, 3.05) is 18.4 Å². The van der Waals surface area contributed by atoms with Crippen LogP contribution in [0.5, 0.6) is 0 Å². The van der Waals surface area contributed by atoms with Gasteiger partial charge in [-0.2, -0.15) is 5.10 Å². The zero-order valence-electron chi connectivity index (χ0n) is 16.2. The van der Waals surface area contributed by atoms with Gasteiger partial charge in [-0.15, -0.1) is 0 Å². The first-order valence-corrected chi connectivity index (χ1v) is 9.72. The summed E-state index contributed by atoms with van der Waals surface area (Å²) >= 11 is 5.32. The minimum atomic E-state index is -0.568. The summed E-state index contributed by atoms with van der Waals surface area (Å²) in [6, 6.07) is 4.24. The lowest BCUT2D eigenvalue weighted by molar-refractivity contribution is -0.114. The second-order valence-corrected chi connectivity index (χ2v) is 7.68. The van der Waals surface area contributed by atoms with Crippen LogP contribution >= 0.6 is 12.2 Å². The predicted molar refractivity (Wildman–Crippen MR) is 106 cm³/mol. The fourth-order valence-corrected chi connectivity index (χ4v) is 3.92. The van der Waals surface area contributed by atoms with Crippen LogP contribution in [0.15, 0.2) is 18.2 Å². The van der Waals surface area contributed by atoms with Gasteiger partial charge in [-0.05, 0) is 57.1 Å². The van der Waals surface area contributed by atoms with Crippen molar-refractivity contribution in [3.05, 3.63) is 40.2 Å². The number of likely N-dealkylation sites (tertiary alicyclic amines) is 1. The second-order valence-electron chi connectivity index (χ2n) is 7.29. The van der Waals surface area contributed by atoms with Crippen molar-refractivity contribution < 1.29 is 14.0 Å². The molecule has 2 aromatic rings. The lowest BCUT2D eigenvalue weighted by Gasteiger charge is -2.32. The molecule has 2 heterocycles. The Balaban J connectivity index is 1.71. The van der Waals surface area contributed by atoms with Crippen molar-refractivity contribution in [1.29, 1.82) is 0 Å². The zero-order valence-corrected chi connectivity index (χ0v) is 17.0. The molecule has 150 valence electrons. The van der Waals surface area contributed by atoms with Crippen LogP contribution in [0.25, 0.3) is 0 Å². The molecule has 1 aromatic heterocycles. The molecular weight excluding hydrogens is 381 g/mol. The van der Waals surface area contributed by atoms with Crippen LogP contribution in [0.1, 0.15) is 61.8 Å². The third kappa shape index (κ3) is 4.14. The highest BCUT2D eigenvalue weighted by Crippen LogP contribution is 2.29. The summed E-state index contributed by atoms with van der Waals surface area (Å²) in [5, 5.41) is 9.68. The van der Waals surface area contributed by atoms with Gasteiger partial charge in [0, 0.05) is 37.5 Å². The minimum absolute atomic E-state index is 0.0145. The Bertz CT molecular complexity index is 944. The van der Waals surface area contributed by atoms with Crippen molar-refractivity contribution >= 4 is 29.7 Å². The van der Waals surface area contributed by atoms with E-state index in [2.05, 4.69) is 29.4 Å². The number of nitrogens with one attached hydrogen (secondary N) is 2. The highest BCUT2D eigenvalue weighted by atomic mass is 32.1. The highest BCUT2D eigenvalue weighted by Gasteiger charge is 2.28. The number of amides is 2. The second kappa shape index (κ2) is 8.22. The predicted octanol–water partition coefficient (Wildman–Crippen LogP) is 3.64. The number of H-pyrrole nitrogens is 1. The molecule has 9 heteroatoms. The van der Waals surface area contributed by atoms with E-state index in [1.165, 1.54) is 25.1 Å². The number of hydrogen-bond acceptors (Lipinski definition) is 4. The molecule has 1 aliphatic rings. The van der Waals surface area contributed by atoms with E-state index < -0.39 is 5.82 Å². The third-order valence-corrected chi connectivity index (χ3v) is 5.21. The molecule has 1 fully saturated rings. The first kappa shape index (κ1) is 20.2. The Labute approximate surface area is 167 Å². The van der Waals surface area contributed by atoms with E-state index in [1.807, 2.05) is 4.57 Å². The van der Waals surface area contributed by atoms with Crippen LogP contribution in [0.2, 0.25) is 0 Å². The smallest absolute Gasteiger partial charge is 0.253 e. The molecule has 0 saturated carbocycles. The third-order valence-electron chi connectivity index (χ3n) is 4.92. The maximum atomic E-state index is 13.8. The van der Waals surface area contributed by atoms with Crippen molar-refractivity contribution in [3.63, 3.8) is 0 Å². The molecule has 7 nitrogen and oxygen atoms in total. The van der Waals surface area contributed by atoms with Crippen LogP contribution in [0.4, 0.5) is 10.1 Å². The lowest BCUT2D eigenvalue weighted by Crippen LogP contribution is -2.38. The molecular formula is C19H24FN5O2S. The number of hydrogen-bond donors (Lipinski definition) is 2. The normalized spacial score (nSPS) is 15.1. The fraction of sp³-hybridized carbons (Fsp3) is 0.474. The summed E-state index contributed by atoms with van der Waals surface area (Å²) in [5.74, 6) is 0.0296. The number of carbonyl (C=O) groups excluding carboxylic acids is 2. The van der Waals surface area contributed by atoms with Gasteiger partial charge >= 0.3 is 0 Å². The van der Waals surface area contributed by atoms with Gasteiger partial charge < -0.3 is 14.8 Å². The van der Waals surface area contributed by atoms with Gasteiger partial charge in [0.15, 0.2) is 4.77 Å². The topological polar surface area (TPSA) is 83.0 Å². The number of nitrogens with zero attached hydrogens (tertiary/aromatic N) is 3. The summed E-state index contributed by atoms with van der Waals surface area (Å²) in [5.41, 5.74) is 0.370. The number of carbonyl (C=O) groups is 2. The standard InChI is InChI=1S/C19H24FN5O2S/c1-11(2)25-17(22-23-19(25)28)13-6-8-24(9-7-13)18(27)14-4-5-15(20)16(10-14)21-12(3)26/h4-5,10-11,13H,6-9H2,1-3H3,(H,21,26)(H,23,28). The van der Waals surface area contributed by atoms with Gasteiger partial charge in [0.25, 0.3) is 5.91 Å². The maximum Gasteiger partial charge on any atom is 0.253 e. The first-order valence-electron chi connectivity index (χ1n) is 9.31. The molecule has 0 bridgehead atoms. The van der Waals surface area contributed by atoms with Crippen molar-refractivity contribution in [2.24, 2.45) is 0 Å². The Kier molecular flexibility index (Phi) is 5.93. The van der Waals surface area contributed by atoms with Crippen LogP contribution in [-0.4, -0.2) is 44.6 Å². The van der Waals surface area contributed by atoms with E-state index in [1.54, 1.807) is 4.90 Å². The van der Waals surface area contributed by atoms with Gasteiger partial charge in [0.1, 0.15) is 11.6 Å². The van der Waals surface area contributed by atoms with Gasteiger partial charge in [-0.3, -0.25) is 14.7 Å². The van der Waals surface area contributed by atoms with Gasteiger partial charge in [0.05, 0.1) is 5.69 Å². The summed E-state index contributed by atoms with van der Waals surface area (Å²) in [4.78, 5) is 25.8. The average molecular weight is 405 g/mol. The molecule has 0 unspecified atom stereocenters. The van der Waals surface area contributed by atoms with E-state index in [0.717, 1.165) is 18.7 Å². The molecule has 0 aliphatic carbocycles. The molecule has 0 spiro atoms. The number of rotatable bonds is 4. The number of aromatic nitrogens is 3. The quantitative estimate of drug-likeness (QED) is 0.761. The van der Waals surface area contributed by atoms with Crippen molar-refractivity contribution in [3.8, 4) is 0 Å². The Morgan fingerprint density at radius 1 is 1.32 bits per heavy atom. The Morgan fingerprint density at radius 2 is 2.00 bits per heavy atom. The zero-order chi connectivity index (χ0) is 20.4. The number of anilines is 1. The Morgan fingerprint density at radius 3 is 2.61 bits per heavy atom. The molecule has 0 atom stereocenters. The number of halogens is 1. The van der Waals surface area contributed by atoms with Gasteiger partial charge in [0.2, 0.25) is 5.91 Å². The fourth-order valence-electron chi connectivity index (χ4n) is 3.57. The van der Waals surface area contributed by atoms with Crippen molar-refractivity contribution in [1.82, 2.24) is 19.7 Å². The summed E-state index contributed by atoms with van der Waals surface area (Å²) in [6.07, 6.45) is 1.55. The summed E-state index contributed by atoms with van der Waals surface area (Å²) in [7, 11) is 0. The molecule has 3 rings (SSSR count). The summed E-state index contributed by atoms with van der Waals surface area (Å²) in [6.45, 7) is 6.58. The largest absolute Gasteiger partial charge is 0.339 e. The molecule has 0 radical (unpaired) electrons. The number of piperidine rings is 1. The van der Waals surface area contributed by atoms with Crippen LogP contribution in [0.3, 0.4) is 0 Å². The van der Waals surface area contributed by atoms with E-state index in [4.69, 9.17) is 12.2 Å². The minimum Gasteiger partial charge on any atom is -0.339 e. The summed E-state index contributed by atoms with van der Waals surface area (Å²) < 4.78 is 16.5. The number of aromatic amines is 1. The van der Waals surface area contributed by atoms with E-state index in [0.29, 0.717) is 23.4 Å². The highest BCUT2D eigenvalue weighted by molar-refractivity contribution is 7.71. The first-order chi connectivity index (χ1) is 13.3. The lowest BCUT2D eigenvalue weighted by atomic mass is 9.95. The molecule has 28 heavy (non-hydrogen) atoms. The van der Waals surface area contributed by atoms with Crippen LogP contribution in [-0.2, 0) is 4.79 Å². The SMILES string of the molecule is CC(=O)Nc1cc(C(=O)N2CCC(c3n[nH]c(=S)n3C(C)C)CC2)ccc1F. The number of benzene rings is 1.